The Balaban J connectivity index is 2.55. The van der Waals surface area contributed by atoms with Gasteiger partial charge in [0.15, 0.2) is 0 Å². The van der Waals surface area contributed by atoms with Crippen LogP contribution in [0.3, 0.4) is 0 Å². The molecule has 4 N–H and O–H groups in total. The molecule has 1 aromatic rings. The number of rotatable bonds is 3. The van der Waals surface area contributed by atoms with E-state index in [0.717, 1.165) is 11.3 Å². The van der Waals surface area contributed by atoms with Gasteiger partial charge in [-0.1, -0.05) is 18.2 Å². The van der Waals surface area contributed by atoms with Crippen molar-refractivity contribution in [3.05, 3.63) is 29.8 Å². The number of carbonyl (C=O) groups is 1. The van der Waals surface area contributed by atoms with Crippen LogP contribution in [0.4, 0.5) is 10.5 Å². The third-order valence-corrected chi connectivity index (χ3v) is 2.12. The van der Waals surface area contributed by atoms with Gasteiger partial charge in [-0.3, -0.25) is 0 Å². The number of benzene rings is 1. The van der Waals surface area contributed by atoms with E-state index in [1.54, 1.807) is 0 Å². The van der Waals surface area contributed by atoms with Crippen molar-refractivity contribution in [1.29, 1.82) is 0 Å². The second-order valence-electron chi connectivity index (χ2n) is 3.55. The first-order valence-corrected chi connectivity index (χ1v) is 4.96. The van der Waals surface area contributed by atoms with Crippen LogP contribution in [0.1, 0.15) is 12.5 Å². The lowest BCUT2D eigenvalue weighted by Gasteiger charge is -2.13. The maximum absolute atomic E-state index is 11.5. The zero-order valence-electron chi connectivity index (χ0n) is 9.08. The molecule has 1 rings (SSSR count). The molecule has 0 saturated heterocycles. The molecule has 0 aromatic heterocycles. The Morgan fingerprint density at radius 1 is 1.47 bits per heavy atom. The van der Waals surface area contributed by atoms with E-state index >= 15 is 0 Å². The lowest BCUT2D eigenvalue weighted by Crippen LogP contribution is -2.40. The highest BCUT2D eigenvalue weighted by Gasteiger charge is 2.06. The van der Waals surface area contributed by atoms with E-state index in [9.17, 15) is 4.79 Å². The molecule has 0 heterocycles. The van der Waals surface area contributed by atoms with Crippen LogP contribution in [0, 0.1) is 6.92 Å². The summed E-state index contributed by atoms with van der Waals surface area (Å²) >= 11 is 0. The number of carbonyl (C=O) groups excluding carboxylic acids is 1. The van der Waals surface area contributed by atoms with Gasteiger partial charge in [-0.2, -0.15) is 0 Å². The minimum absolute atomic E-state index is 0.0194. The van der Waals surface area contributed by atoms with Gasteiger partial charge in [-0.05, 0) is 25.5 Å². The lowest BCUT2D eigenvalue weighted by molar-refractivity contribution is 0.249. The van der Waals surface area contributed by atoms with Crippen LogP contribution in [0.2, 0.25) is 0 Å². The van der Waals surface area contributed by atoms with E-state index < -0.39 is 0 Å². The van der Waals surface area contributed by atoms with Gasteiger partial charge >= 0.3 is 6.03 Å². The zero-order chi connectivity index (χ0) is 11.3. The number of nitrogens with two attached hydrogens (primary N) is 1. The summed E-state index contributed by atoms with van der Waals surface area (Å²) in [6, 6.07) is 7.39. The summed E-state index contributed by atoms with van der Waals surface area (Å²) in [5.41, 5.74) is 7.26. The van der Waals surface area contributed by atoms with Crippen molar-refractivity contribution in [3.63, 3.8) is 0 Å². The van der Waals surface area contributed by atoms with Crippen molar-refractivity contribution >= 4 is 11.7 Å². The fraction of sp³-hybridized carbons (Fsp3) is 0.364. The SMILES string of the molecule is Cc1ccccc1NC(=O)NC(C)CN. The molecule has 0 bridgehead atoms. The average Bonchev–Trinajstić information content (AvgIpc) is 2.21. The van der Waals surface area contributed by atoms with Crippen LogP contribution < -0.4 is 16.4 Å². The maximum Gasteiger partial charge on any atom is 0.319 e. The molecule has 15 heavy (non-hydrogen) atoms. The van der Waals surface area contributed by atoms with E-state index in [-0.39, 0.29) is 12.1 Å². The molecule has 82 valence electrons. The molecule has 0 radical (unpaired) electrons. The Kier molecular flexibility index (Phi) is 4.12. The summed E-state index contributed by atoms with van der Waals surface area (Å²) < 4.78 is 0. The van der Waals surface area contributed by atoms with E-state index in [2.05, 4.69) is 10.6 Å². The third-order valence-electron chi connectivity index (χ3n) is 2.12. The van der Waals surface area contributed by atoms with Gasteiger partial charge in [0, 0.05) is 18.3 Å². The van der Waals surface area contributed by atoms with E-state index in [1.807, 2.05) is 38.1 Å². The maximum atomic E-state index is 11.5. The summed E-state index contributed by atoms with van der Waals surface area (Å²) in [5.74, 6) is 0. The van der Waals surface area contributed by atoms with Crippen LogP contribution in [-0.2, 0) is 0 Å². The topological polar surface area (TPSA) is 67.2 Å². The van der Waals surface area contributed by atoms with E-state index in [0.29, 0.717) is 6.54 Å². The van der Waals surface area contributed by atoms with Crippen molar-refractivity contribution in [1.82, 2.24) is 5.32 Å². The monoisotopic (exact) mass is 207 g/mol. The molecule has 1 atom stereocenters. The van der Waals surface area contributed by atoms with Crippen LogP contribution in [0.25, 0.3) is 0 Å². The second-order valence-corrected chi connectivity index (χ2v) is 3.55. The van der Waals surface area contributed by atoms with Gasteiger partial charge in [0.1, 0.15) is 0 Å². The Morgan fingerprint density at radius 3 is 2.73 bits per heavy atom. The van der Waals surface area contributed by atoms with Crippen molar-refractivity contribution in [2.45, 2.75) is 19.9 Å². The van der Waals surface area contributed by atoms with Crippen molar-refractivity contribution in [2.75, 3.05) is 11.9 Å². The Hall–Kier alpha value is -1.55. The number of para-hydroxylation sites is 1. The number of hydrogen-bond acceptors (Lipinski definition) is 2. The molecule has 0 saturated carbocycles. The van der Waals surface area contributed by atoms with Gasteiger partial charge in [-0.25, -0.2) is 4.79 Å². The molecule has 0 aliphatic carbocycles. The normalized spacial score (nSPS) is 11.9. The molecule has 0 fully saturated rings. The fourth-order valence-corrected chi connectivity index (χ4v) is 1.15. The number of amides is 2. The quantitative estimate of drug-likeness (QED) is 0.702. The van der Waals surface area contributed by atoms with Crippen molar-refractivity contribution in [3.8, 4) is 0 Å². The van der Waals surface area contributed by atoms with E-state index in [4.69, 9.17) is 5.73 Å². The minimum atomic E-state index is -0.220. The van der Waals surface area contributed by atoms with Crippen molar-refractivity contribution in [2.24, 2.45) is 5.73 Å². The number of anilines is 1. The first-order chi connectivity index (χ1) is 7.13. The number of hydrogen-bond donors (Lipinski definition) is 3. The zero-order valence-corrected chi connectivity index (χ0v) is 9.08. The first-order valence-electron chi connectivity index (χ1n) is 4.96. The summed E-state index contributed by atoms with van der Waals surface area (Å²) in [6.07, 6.45) is 0. The summed E-state index contributed by atoms with van der Waals surface area (Å²) in [7, 11) is 0. The van der Waals surface area contributed by atoms with Gasteiger partial charge in [0.25, 0.3) is 0 Å². The smallest absolute Gasteiger partial charge is 0.319 e. The minimum Gasteiger partial charge on any atom is -0.334 e. The fourth-order valence-electron chi connectivity index (χ4n) is 1.15. The number of nitrogens with one attached hydrogen (secondary N) is 2. The molecule has 0 aliphatic rings. The molecule has 4 heteroatoms. The number of urea groups is 1. The molecular weight excluding hydrogens is 190 g/mol. The van der Waals surface area contributed by atoms with Crippen molar-refractivity contribution < 1.29 is 4.79 Å². The molecule has 2 amide bonds. The summed E-state index contributed by atoms with van der Waals surface area (Å²) in [5, 5.41) is 5.50. The number of aryl methyl sites for hydroxylation is 1. The van der Waals surface area contributed by atoms with Gasteiger partial charge in [-0.15, -0.1) is 0 Å². The largest absolute Gasteiger partial charge is 0.334 e. The van der Waals surface area contributed by atoms with E-state index in [1.165, 1.54) is 0 Å². The predicted octanol–water partition coefficient (Wildman–Crippen LogP) is 1.46. The van der Waals surface area contributed by atoms with Crippen LogP contribution in [-0.4, -0.2) is 18.6 Å². The molecule has 1 aromatic carbocycles. The third kappa shape index (κ3) is 3.59. The molecule has 0 aliphatic heterocycles. The van der Waals surface area contributed by atoms with Gasteiger partial charge < -0.3 is 16.4 Å². The first kappa shape index (κ1) is 11.5. The summed E-state index contributed by atoms with van der Waals surface area (Å²) in [4.78, 5) is 11.5. The van der Waals surface area contributed by atoms with Crippen LogP contribution in [0.15, 0.2) is 24.3 Å². The molecular formula is C11H17N3O. The van der Waals surface area contributed by atoms with Crippen LogP contribution in [0.5, 0.6) is 0 Å². The summed E-state index contributed by atoms with van der Waals surface area (Å²) in [6.45, 7) is 4.24. The Labute approximate surface area is 89.9 Å². The molecule has 4 nitrogen and oxygen atoms in total. The highest BCUT2D eigenvalue weighted by molar-refractivity contribution is 5.90. The predicted molar refractivity (Wildman–Crippen MR) is 61.8 cm³/mol. The molecule has 0 spiro atoms. The standard InChI is InChI=1S/C11H17N3O/c1-8-5-3-4-6-10(8)14-11(15)13-9(2)7-12/h3-6,9H,7,12H2,1-2H3,(H2,13,14,15). The highest BCUT2D eigenvalue weighted by Crippen LogP contribution is 2.12. The van der Waals surface area contributed by atoms with Crippen LogP contribution >= 0.6 is 0 Å². The van der Waals surface area contributed by atoms with Gasteiger partial charge in [0.05, 0.1) is 0 Å². The molecule has 1 unspecified atom stereocenters. The highest BCUT2D eigenvalue weighted by atomic mass is 16.2. The second kappa shape index (κ2) is 5.36. The Bertz CT molecular complexity index is 338. The average molecular weight is 207 g/mol. The lowest BCUT2D eigenvalue weighted by atomic mass is 10.2. The Morgan fingerprint density at radius 2 is 2.13 bits per heavy atom. The van der Waals surface area contributed by atoms with Gasteiger partial charge in [0.2, 0.25) is 0 Å².